The Morgan fingerprint density at radius 3 is 2.70 bits per heavy atom. The van der Waals surface area contributed by atoms with Gasteiger partial charge in [-0.1, -0.05) is 35.0 Å². The number of hydrogen-bond donors (Lipinski definition) is 1. The molecule has 1 heterocycles. The lowest BCUT2D eigenvalue weighted by Gasteiger charge is -2.12. The average Bonchev–Trinajstić information content (AvgIpc) is 2.44. The maximum atomic E-state index is 12.1. The summed E-state index contributed by atoms with van der Waals surface area (Å²) in [5.74, 6) is -0.188. The van der Waals surface area contributed by atoms with Gasteiger partial charge in [0.1, 0.15) is 0 Å². The van der Waals surface area contributed by atoms with Crippen molar-refractivity contribution in [2.75, 3.05) is 5.32 Å². The van der Waals surface area contributed by atoms with E-state index in [1.807, 2.05) is 0 Å². The first-order valence-corrected chi connectivity index (χ1v) is 7.39. The third-order valence-electron chi connectivity index (χ3n) is 2.38. The zero-order valence-corrected chi connectivity index (χ0v) is 12.8. The molecule has 2 aromatic rings. The number of carbonyl (C=O) groups is 1. The van der Waals surface area contributed by atoms with E-state index in [0.29, 0.717) is 20.9 Å². The number of anilines is 1. The summed E-state index contributed by atoms with van der Waals surface area (Å²) in [4.78, 5) is 20.2. The van der Waals surface area contributed by atoms with E-state index >= 15 is 0 Å². The number of thioether (sulfide) groups is 1. The molecule has 20 heavy (non-hydrogen) atoms. The van der Waals surface area contributed by atoms with Crippen LogP contribution in [0.2, 0.25) is 10.0 Å². The number of hydrogen-bond acceptors (Lipinski definition) is 4. The summed E-state index contributed by atoms with van der Waals surface area (Å²) in [5, 5.41) is 3.88. The Bertz CT molecular complexity index is 610. The van der Waals surface area contributed by atoms with Crippen LogP contribution in [0.4, 0.5) is 5.69 Å². The molecule has 2 rings (SSSR count). The van der Waals surface area contributed by atoms with E-state index in [1.54, 1.807) is 43.6 Å². The van der Waals surface area contributed by atoms with Gasteiger partial charge in [-0.15, -0.1) is 0 Å². The Kier molecular flexibility index (Phi) is 5.23. The third kappa shape index (κ3) is 4.10. The molecule has 104 valence electrons. The molecule has 0 saturated heterocycles. The van der Waals surface area contributed by atoms with Crippen molar-refractivity contribution in [1.82, 2.24) is 9.97 Å². The molecule has 0 bridgehead atoms. The van der Waals surface area contributed by atoms with Gasteiger partial charge in [-0.25, -0.2) is 9.97 Å². The van der Waals surface area contributed by atoms with E-state index in [-0.39, 0.29) is 11.2 Å². The molecule has 1 amide bonds. The highest BCUT2D eigenvalue weighted by Gasteiger charge is 2.17. The van der Waals surface area contributed by atoms with Crippen LogP contribution in [-0.2, 0) is 4.79 Å². The number of nitrogens with one attached hydrogen (secondary N) is 1. The van der Waals surface area contributed by atoms with Gasteiger partial charge < -0.3 is 5.32 Å². The lowest BCUT2D eigenvalue weighted by atomic mass is 10.3. The third-order valence-corrected chi connectivity index (χ3v) is 3.93. The molecule has 0 unspecified atom stereocenters. The maximum absolute atomic E-state index is 12.1. The van der Waals surface area contributed by atoms with Crippen LogP contribution in [0.1, 0.15) is 6.92 Å². The first-order valence-electron chi connectivity index (χ1n) is 5.76. The van der Waals surface area contributed by atoms with E-state index in [1.165, 1.54) is 11.8 Å². The number of rotatable bonds is 4. The summed E-state index contributed by atoms with van der Waals surface area (Å²) in [6, 6.07) is 6.63. The Hall–Kier alpha value is -1.30. The second-order valence-corrected chi connectivity index (χ2v) is 6.06. The van der Waals surface area contributed by atoms with E-state index < -0.39 is 0 Å². The fraction of sp³-hybridized carbons (Fsp3) is 0.154. The number of carbonyl (C=O) groups excluding carboxylic acids is 1. The maximum Gasteiger partial charge on any atom is 0.237 e. The number of aromatic nitrogens is 2. The number of halogens is 2. The molecule has 1 aromatic heterocycles. The zero-order chi connectivity index (χ0) is 14.5. The Balaban J connectivity index is 2.02. The second kappa shape index (κ2) is 6.92. The Labute approximate surface area is 130 Å². The minimum atomic E-state index is -0.354. The molecule has 0 radical (unpaired) electrons. The molecule has 0 aliphatic carbocycles. The largest absolute Gasteiger partial charge is 0.324 e. The Morgan fingerprint density at radius 1 is 1.30 bits per heavy atom. The number of nitrogens with zero attached hydrogens (tertiary/aromatic N) is 2. The normalized spacial score (nSPS) is 11.9. The molecule has 0 aliphatic heterocycles. The minimum absolute atomic E-state index is 0.188. The smallest absolute Gasteiger partial charge is 0.237 e. The zero-order valence-electron chi connectivity index (χ0n) is 10.5. The minimum Gasteiger partial charge on any atom is -0.324 e. The monoisotopic (exact) mass is 327 g/mol. The second-order valence-electron chi connectivity index (χ2n) is 3.90. The van der Waals surface area contributed by atoms with Gasteiger partial charge in [-0.3, -0.25) is 4.79 Å². The highest BCUT2D eigenvalue weighted by atomic mass is 35.5. The van der Waals surface area contributed by atoms with Gasteiger partial charge in [-0.2, -0.15) is 0 Å². The average molecular weight is 328 g/mol. The number of benzene rings is 1. The number of amides is 1. The quantitative estimate of drug-likeness (QED) is 0.683. The van der Waals surface area contributed by atoms with Gasteiger partial charge in [0.15, 0.2) is 5.16 Å². The molecular weight excluding hydrogens is 317 g/mol. The topological polar surface area (TPSA) is 54.9 Å². The first-order chi connectivity index (χ1) is 9.56. The van der Waals surface area contributed by atoms with Crippen LogP contribution in [0.25, 0.3) is 0 Å². The first kappa shape index (κ1) is 15.1. The van der Waals surface area contributed by atoms with Crippen molar-refractivity contribution in [2.45, 2.75) is 17.3 Å². The molecule has 7 heteroatoms. The fourth-order valence-corrected chi connectivity index (χ4v) is 2.45. The van der Waals surface area contributed by atoms with Gasteiger partial charge in [0.2, 0.25) is 5.91 Å². The predicted octanol–water partition coefficient (Wildman–Crippen LogP) is 3.90. The van der Waals surface area contributed by atoms with Gasteiger partial charge >= 0.3 is 0 Å². The highest BCUT2D eigenvalue weighted by Crippen LogP contribution is 2.27. The van der Waals surface area contributed by atoms with Crippen LogP contribution in [0.15, 0.2) is 41.8 Å². The highest BCUT2D eigenvalue weighted by molar-refractivity contribution is 8.00. The lowest BCUT2D eigenvalue weighted by molar-refractivity contribution is -0.115. The van der Waals surface area contributed by atoms with Crippen molar-refractivity contribution in [3.63, 3.8) is 0 Å². The van der Waals surface area contributed by atoms with Crippen molar-refractivity contribution in [2.24, 2.45) is 0 Å². The molecule has 1 aromatic carbocycles. The SMILES string of the molecule is C[C@@H](Sc1ncccn1)C(=O)Nc1cc(Cl)ccc1Cl. The lowest BCUT2D eigenvalue weighted by Crippen LogP contribution is -2.22. The van der Waals surface area contributed by atoms with Crippen molar-refractivity contribution in [3.05, 3.63) is 46.7 Å². The van der Waals surface area contributed by atoms with Crippen LogP contribution < -0.4 is 5.32 Å². The predicted molar refractivity (Wildman–Crippen MR) is 82.4 cm³/mol. The van der Waals surface area contributed by atoms with Crippen molar-refractivity contribution >= 4 is 46.6 Å². The summed E-state index contributed by atoms with van der Waals surface area (Å²) in [5.41, 5.74) is 0.491. The Morgan fingerprint density at radius 2 is 2.00 bits per heavy atom. The van der Waals surface area contributed by atoms with Crippen LogP contribution in [0.3, 0.4) is 0 Å². The summed E-state index contributed by atoms with van der Waals surface area (Å²) >= 11 is 13.1. The van der Waals surface area contributed by atoms with E-state index in [9.17, 15) is 4.79 Å². The van der Waals surface area contributed by atoms with E-state index in [4.69, 9.17) is 23.2 Å². The van der Waals surface area contributed by atoms with Crippen molar-refractivity contribution in [1.29, 1.82) is 0 Å². The summed E-state index contributed by atoms with van der Waals surface area (Å²) in [7, 11) is 0. The van der Waals surface area contributed by atoms with Crippen molar-refractivity contribution in [3.8, 4) is 0 Å². The van der Waals surface area contributed by atoms with E-state index in [0.717, 1.165) is 0 Å². The van der Waals surface area contributed by atoms with Crippen LogP contribution in [-0.4, -0.2) is 21.1 Å². The van der Waals surface area contributed by atoms with Crippen LogP contribution in [0, 0.1) is 0 Å². The molecule has 1 atom stereocenters. The molecule has 4 nitrogen and oxygen atoms in total. The van der Waals surface area contributed by atoms with E-state index in [2.05, 4.69) is 15.3 Å². The van der Waals surface area contributed by atoms with Gasteiger partial charge in [-0.05, 0) is 31.2 Å². The molecular formula is C13H11Cl2N3OS. The molecule has 0 aliphatic rings. The summed E-state index contributed by atoms with van der Waals surface area (Å²) in [6.45, 7) is 1.77. The van der Waals surface area contributed by atoms with Gasteiger partial charge in [0, 0.05) is 17.4 Å². The van der Waals surface area contributed by atoms with Gasteiger partial charge in [0.25, 0.3) is 0 Å². The van der Waals surface area contributed by atoms with Crippen molar-refractivity contribution < 1.29 is 4.79 Å². The summed E-state index contributed by atoms with van der Waals surface area (Å²) in [6.07, 6.45) is 3.27. The molecule has 0 fully saturated rings. The van der Waals surface area contributed by atoms with Crippen LogP contribution >= 0.6 is 35.0 Å². The summed E-state index contributed by atoms with van der Waals surface area (Å²) < 4.78 is 0. The van der Waals surface area contributed by atoms with Crippen LogP contribution in [0.5, 0.6) is 0 Å². The van der Waals surface area contributed by atoms with Gasteiger partial charge in [0.05, 0.1) is 16.0 Å². The molecule has 1 N–H and O–H groups in total. The standard InChI is InChI=1S/C13H11Cl2N3OS/c1-8(20-13-16-5-2-6-17-13)12(19)18-11-7-9(14)3-4-10(11)15/h2-8H,1H3,(H,18,19)/t8-/m1/s1. The molecule has 0 spiro atoms. The fourth-order valence-electron chi connectivity index (χ4n) is 1.39. The molecule has 0 saturated carbocycles.